The number of aliphatic hydroxyl groups is 1. The van der Waals surface area contributed by atoms with E-state index in [1.165, 1.54) is 5.56 Å². The van der Waals surface area contributed by atoms with E-state index in [1.807, 2.05) is 12.3 Å². The van der Waals surface area contributed by atoms with Gasteiger partial charge in [0.2, 0.25) is 0 Å². The number of hydrogen-bond donors (Lipinski definition) is 2. The van der Waals surface area contributed by atoms with Crippen molar-refractivity contribution < 1.29 is 5.11 Å². The van der Waals surface area contributed by atoms with Crippen LogP contribution in [-0.4, -0.2) is 23.8 Å². The van der Waals surface area contributed by atoms with Crippen molar-refractivity contribution in [3.05, 3.63) is 22.4 Å². The highest BCUT2D eigenvalue weighted by Crippen LogP contribution is 2.14. The third-order valence-electron chi connectivity index (χ3n) is 2.10. The standard InChI is InChI=1S/C11H19NOS/c1-3-5-12-9-11(2,13)7-10-4-6-14-8-10/h4,6,8,12-13H,3,5,7,9H2,1-2H3. The van der Waals surface area contributed by atoms with Gasteiger partial charge in [0.25, 0.3) is 0 Å². The lowest BCUT2D eigenvalue weighted by atomic mass is 9.98. The van der Waals surface area contributed by atoms with E-state index in [1.54, 1.807) is 11.3 Å². The van der Waals surface area contributed by atoms with E-state index < -0.39 is 5.60 Å². The Kier molecular flexibility index (Phi) is 4.58. The predicted octanol–water partition coefficient (Wildman–Crippen LogP) is 2.04. The van der Waals surface area contributed by atoms with Crippen molar-refractivity contribution in [1.29, 1.82) is 0 Å². The van der Waals surface area contributed by atoms with Crippen molar-refractivity contribution in [1.82, 2.24) is 5.32 Å². The summed E-state index contributed by atoms with van der Waals surface area (Å²) in [5.74, 6) is 0. The van der Waals surface area contributed by atoms with E-state index in [4.69, 9.17) is 0 Å². The van der Waals surface area contributed by atoms with Crippen molar-refractivity contribution in [2.45, 2.75) is 32.3 Å². The van der Waals surface area contributed by atoms with Crippen LogP contribution in [0, 0.1) is 0 Å². The summed E-state index contributed by atoms with van der Waals surface area (Å²) in [6.45, 7) is 5.64. The zero-order chi connectivity index (χ0) is 10.4. The molecule has 0 fully saturated rings. The Balaban J connectivity index is 2.33. The first-order valence-corrected chi connectivity index (χ1v) is 6.02. The quantitative estimate of drug-likeness (QED) is 0.709. The van der Waals surface area contributed by atoms with Crippen LogP contribution in [0.5, 0.6) is 0 Å². The summed E-state index contributed by atoms with van der Waals surface area (Å²) in [6, 6.07) is 2.07. The Morgan fingerprint density at radius 1 is 1.57 bits per heavy atom. The molecule has 1 atom stereocenters. The van der Waals surface area contributed by atoms with Gasteiger partial charge in [-0.05, 0) is 42.3 Å². The van der Waals surface area contributed by atoms with Crippen LogP contribution in [0.3, 0.4) is 0 Å². The molecule has 3 heteroatoms. The maximum atomic E-state index is 10.1. The van der Waals surface area contributed by atoms with Crippen LogP contribution in [-0.2, 0) is 6.42 Å². The summed E-state index contributed by atoms with van der Waals surface area (Å²) in [6.07, 6.45) is 1.84. The van der Waals surface area contributed by atoms with Gasteiger partial charge in [0.15, 0.2) is 0 Å². The van der Waals surface area contributed by atoms with Gasteiger partial charge in [-0.3, -0.25) is 0 Å². The van der Waals surface area contributed by atoms with Gasteiger partial charge in [0.1, 0.15) is 0 Å². The molecular formula is C11H19NOS. The summed E-state index contributed by atoms with van der Waals surface area (Å²) in [5.41, 5.74) is 0.592. The molecule has 1 unspecified atom stereocenters. The van der Waals surface area contributed by atoms with Crippen LogP contribution in [0.15, 0.2) is 16.8 Å². The molecule has 0 aliphatic carbocycles. The molecule has 0 saturated heterocycles. The smallest absolute Gasteiger partial charge is 0.0783 e. The second-order valence-electron chi connectivity index (χ2n) is 3.98. The maximum Gasteiger partial charge on any atom is 0.0783 e. The Morgan fingerprint density at radius 2 is 2.36 bits per heavy atom. The van der Waals surface area contributed by atoms with Gasteiger partial charge in [0, 0.05) is 13.0 Å². The van der Waals surface area contributed by atoms with Gasteiger partial charge in [-0.2, -0.15) is 11.3 Å². The van der Waals surface area contributed by atoms with Crippen LogP contribution < -0.4 is 5.32 Å². The summed E-state index contributed by atoms with van der Waals surface area (Å²) < 4.78 is 0. The van der Waals surface area contributed by atoms with Crippen LogP contribution in [0.1, 0.15) is 25.8 Å². The predicted molar refractivity (Wildman–Crippen MR) is 61.8 cm³/mol. The normalized spacial score (nSPS) is 15.4. The average Bonchev–Trinajstić information content (AvgIpc) is 2.56. The van der Waals surface area contributed by atoms with Crippen LogP contribution in [0.2, 0.25) is 0 Å². The monoisotopic (exact) mass is 213 g/mol. The zero-order valence-electron chi connectivity index (χ0n) is 8.92. The highest BCUT2D eigenvalue weighted by atomic mass is 32.1. The van der Waals surface area contributed by atoms with Gasteiger partial charge in [-0.15, -0.1) is 0 Å². The van der Waals surface area contributed by atoms with Crippen LogP contribution in [0.25, 0.3) is 0 Å². The molecule has 2 N–H and O–H groups in total. The Hall–Kier alpha value is -0.380. The molecule has 0 spiro atoms. The molecule has 0 saturated carbocycles. The number of rotatable bonds is 6. The second-order valence-corrected chi connectivity index (χ2v) is 4.76. The number of hydrogen-bond acceptors (Lipinski definition) is 3. The number of nitrogens with one attached hydrogen (secondary N) is 1. The van der Waals surface area contributed by atoms with E-state index in [-0.39, 0.29) is 0 Å². The lowest BCUT2D eigenvalue weighted by molar-refractivity contribution is 0.0605. The largest absolute Gasteiger partial charge is 0.389 e. The molecule has 0 aromatic carbocycles. The molecule has 0 amide bonds. The van der Waals surface area contributed by atoms with Gasteiger partial charge in [-0.1, -0.05) is 6.92 Å². The van der Waals surface area contributed by atoms with E-state index >= 15 is 0 Å². The molecule has 1 rings (SSSR count). The van der Waals surface area contributed by atoms with Crippen LogP contribution >= 0.6 is 11.3 Å². The third kappa shape index (κ3) is 4.22. The van der Waals surface area contributed by atoms with E-state index in [2.05, 4.69) is 23.7 Å². The van der Waals surface area contributed by atoms with Gasteiger partial charge in [-0.25, -0.2) is 0 Å². The topological polar surface area (TPSA) is 32.3 Å². The Bertz CT molecular complexity index is 244. The molecule has 80 valence electrons. The SMILES string of the molecule is CCCNCC(C)(O)Cc1ccsc1. The first kappa shape index (κ1) is 11.7. The van der Waals surface area contributed by atoms with E-state index in [9.17, 15) is 5.11 Å². The Morgan fingerprint density at radius 3 is 2.93 bits per heavy atom. The summed E-state index contributed by atoms with van der Waals surface area (Å²) >= 11 is 1.68. The number of thiophene rings is 1. The lowest BCUT2D eigenvalue weighted by Gasteiger charge is -2.23. The fraction of sp³-hybridized carbons (Fsp3) is 0.636. The fourth-order valence-electron chi connectivity index (χ4n) is 1.43. The summed E-state index contributed by atoms with van der Waals surface area (Å²) in [7, 11) is 0. The van der Waals surface area contributed by atoms with E-state index in [0.29, 0.717) is 6.54 Å². The maximum absolute atomic E-state index is 10.1. The molecule has 1 aromatic heterocycles. The minimum atomic E-state index is -0.629. The third-order valence-corrected chi connectivity index (χ3v) is 2.83. The summed E-state index contributed by atoms with van der Waals surface area (Å²) in [5, 5.41) is 17.4. The van der Waals surface area contributed by atoms with Crippen molar-refractivity contribution in [3.8, 4) is 0 Å². The zero-order valence-corrected chi connectivity index (χ0v) is 9.73. The van der Waals surface area contributed by atoms with Crippen molar-refractivity contribution in [3.63, 3.8) is 0 Å². The molecule has 0 aliphatic heterocycles. The molecule has 1 aromatic rings. The minimum absolute atomic E-state index is 0.629. The first-order chi connectivity index (χ1) is 6.64. The fourth-order valence-corrected chi connectivity index (χ4v) is 2.10. The minimum Gasteiger partial charge on any atom is -0.389 e. The van der Waals surface area contributed by atoms with Gasteiger partial charge >= 0.3 is 0 Å². The Labute approximate surface area is 90.0 Å². The van der Waals surface area contributed by atoms with Crippen molar-refractivity contribution in [2.24, 2.45) is 0 Å². The second kappa shape index (κ2) is 5.49. The molecule has 0 bridgehead atoms. The highest BCUT2D eigenvalue weighted by molar-refractivity contribution is 7.07. The molecular weight excluding hydrogens is 194 g/mol. The molecule has 0 radical (unpaired) electrons. The molecule has 14 heavy (non-hydrogen) atoms. The van der Waals surface area contributed by atoms with Crippen LogP contribution in [0.4, 0.5) is 0 Å². The van der Waals surface area contributed by atoms with Crippen molar-refractivity contribution in [2.75, 3.05) is 13.1 Å². The van der Waals surface area contributed by atoms with Crippen molar-refractivity contribution >= 4 is 11.3 Å². The van der Waals surface area contributed by atoms with Gasteiger partial charge in [0.05, 0.1) is 5.60 Å². The molecule has 2 nitrogen and oxygen atoms in total. The molecule has 0 aliphatic rings. The highest BCUT2D eigenvalue weighted by Gasteiger charge is 2.20. The van der Waals surface area contributed by atoms with E-state index in [0.717, 1.165) is 19.4 Å². The van der Waals surface area contributed by atoms with Gasteiger partial charge < -0.3 is 10.4 Å². The summed E-state index contributed by atoms with van der Waals surface area (Å²) in [4.78, 5) is 0. The lowest BCUT2D eigenvalue weighted by Crippen LogP contribution is -2.39. The average molecular weight is 213 g/mol. The first-order valence-electron chi connectivity index (χ1n) is 5.08. The molecule has 1 heterocycles.